The van der Waals surface area contributed by atoms with E-state index in [1.807, 2.05) is 73.7 Å². The fourth-order valence-electron chi connectivity index (χ4n) is 2.86. The maximum Gasteiger partial charge on any atom is 0.257 e. The summed E-state index contributed by atoms with van der Waals surface area (Å²) in [5, 5.41) is 3.68. The van der Waals surface area contributed by atoms with E-state index in [-0.39, 0.29) is 5.91 Å². The normalized spacial score (nSPS) is 10.7. The van der Waals surface area contributed by atoms with Crippen LogP contribution in [0.2, 0.25) is 0 Å². The van der Waals surface area contributed by atoms with Crippen LogP contribution in [0.1, 0.15) is 15.9 Å². The summed E-state index contributed by atoms with van der Waals surface area (Å²) in [7, 11) is 0. The van der Waals surface area contributed by atoms with Gasteiger partial charge in [0.1, 0.15) is 5.82 Å². The lowest BCUT2D eigenvalue weighted by atomic mass is 10.0. The highest BCUT2D eigenvalue weighted by Crippen LogP contribution is 2.25. The van der Waals surface area contributed by atoms with Crippen molar-refractivity contribution in [3.05, 3.63) is 90.1 Å². The average Bonchev–Trinajstić information content (AvgIpc) is 2.68. The standard InChI is InChI=1S/C22H17N3O/c1-15-9-11-16(12-10-15)20-14-18(17-6-2-3-7-19(17)24-20)22(26)25-21-8-4-5-13-23-21/h2-14H,1H3,(H,23,25,26). The maximum absolute atomic E-state index is 12.9. The minimum absolute atomic E-state index is 0.198. The smallest absolute Gasteiger partial charge is 0.257 e. The van der Waals surface area contributed by atoms with Crippen molar-refractivity contribution in [3.8, 4) is 11.3 Å². The molecule has 0 atom stereocenters. The van der Waals surface area contributed by atoms with Gasteiger partial charge in [-0.15, -0.1) is 0 Å². The second-order valence-electron chi connectivity index (χ2n) is 6.11. The van der Waals surface area contributed by atoms with Gasteiger partial charge in [-0.05, 0) is 31.2 Å². The summed E-state index contributed by atoms with van der Waals surface area (Å²) in [5.41, 5.74) is 4.30. The van der Waals surface area contributed by atoms with Crippen molar-refractivity contribution >= 4 is 22.6 Å². The third-order valence-electron chi connectivity index (χ3n) is 4.21. The number of nitrogens with zero attached hydrogens (tertiary/aromatic N) is 2. The van der Waals surface area contributed by atoms with E-state index in [4.69, 9.17) is 4.98 Å². The van der Waals surface area contributed by atoms with Crippen LogP contribution in [0, 0.1) is 6.92 Å². The van der Waals surface area contributed by atoms with Crippen LogP contribution in [0.3, 0.4) is 0 Å². The molecule has 0 radical (unpaired) electrons. The average molecular weight is 339 g/mol. The number of rotatable bonds is 3. The number of hydrogen-bond acceptors (Lipinski definition) is 3. The summed E-state index contributed by atoms with van der Waals surface area (Å²) in [5.74, 6) is 0.325. The maximum atomic E-state index is 12.9. The highest BCUT2D eigenvalue weighted by atomic mass is 16.1. The Morgan fingerprint density at radius 2 is 1.69 bits per heavy atom. The SMILES string of the molecule is Cc1ccc(-c2cc(C(=O)Nc3ccccn3)c3ccccc3n2)cc1. The van der Waals surface area contributed by atoms with E-state index in [9.17, 15) is 4.79 Å². The predicted molar refractivity (Wildman–Crippen MR) is 104 cm³/mol. The molecule has 0 aliphatic carbocycles. The molecule has 1 N–H and O–H groups in total. The number of carbonyl (C=O) groups is 1. The zero-order chi connectivity index (χ0) is 17.9. The molecular formula is C22H17N3O. The van der Waals surface area contributed by atoms with E-state index in [1.165, 1.54) is 5.56 Å². The van der Waals surface area contributed by atoms with Gasteiger partial charge in [0.05, 0.1) is 16.8 Å². The number of aromatic nitrogens is 2. The van der Waals surface area contributed by atoms with E-state index in [0.29, 0.717) is 11.4 Å². The zero-order valence-electron chi connectivity index (χ0n) is 14.3. The molecule has 0 saturated heterocycles. The molecule has 0 spiro atoms. The van der Waals surface area contributed by atoms with E-state index in [0.717, 1.165) is 22.2 Å². The summed E-state index contributed by atoms with van der Waals surface area (Å²) >= 11 is 0. The fourth-order valence-corrected chi connectivity index (χ4v) is 2.86. The van der Waals surface area contributed by atoms with Crippen LogP contribution >= 0.6 is 0 Å². The Morgan fingerprint density at radius 1 is 0.923 bits per heavy atom. The molecule has 126 valence electrons. The Labute approximate surface area is 151 Å². The quantitative estimate of drug-likeness (QED) is 0.580. The zero-order valence-corrected chi connectivity index (χ0v) is 14.3. The number of anilines is 1. The fraction of sp³-hybridized carbons (Fsp3) is 0.0455. The second kappa shape index (κ2) is 6.76. The Morgan fingerprint density at radius 3 is 2.46 bits per heavy atom. The summed E-state index contributed by atoms with van der Waals surface area (Å²) < 4.78 is 0. The van der Waals surface area contributed by atoms with Gasteiger partial charge < -0.3 is 5.32 Å². The van der Waals surface area contributed by atoms with Gasteiger partial charge in [-0.3, -0.25) is 4.79 Å². The van der Waals surface area contributed by atoms with Crippen LogP contribution in [-0.2, 0) is 0 Å². The van der Waals surface area contributed by atoms with Crippen molar-refractivity contribution in [1.82, 2.24) is 9.97 Å². The minimum atomic E-state index is -0.198. The first kappa shape index (κ1) is 16.0. The number of para-hydroxylation sites is 1. The van der Waals surface area contributed by atoms with Crippen LogP contribution in [0.25, 0.3) is 22.2 Å². The van der Waals surface area contributed by atoms with Crippen molar-refractivity contribution in [2.75, 3.05) is 5.32 Å². The monoisotopic (exact) mass is 339 g/mol. The van der Waals surface area contributed by atoms with E-state index in [1.54, 1.807) is 12.3 Å². The van der Waals surface area contributed by atoms with Gasteiger partial charge in [-0.2, -0.15) is 0 Å². The predicted octanol–water partition coefficient (Wildman–Crippen LogP) is 4.86. The summed E-state index contributed by atoms with van der Waals surface area (Å²) in [6.45, 7) is 2.04. The summed E-state index contributed by atoms with van der Waals surface area (Å²) in [6, 6.07) is 23.0. The van der Waals surface area contributed by atoms with E-state index in [2.05, 4.69) is 10.3 Å². The molecule has 0 bridgehead atoms. The van der Waals surface area contributed by atoms with Gasteiger partial charge >= 0.3 is 0 Å². The van der Waals surface area contributed by atoms with Gasteiger partial charge in [0, 0.05) is 17.1 Å². The number of amides is 1. The number of nitrogens with one attached hydrogen (secondary N) is 1. The van der Waals surface area contributed by atoms with Gasteiger partial charge in [-0.25, -0.2) is 9.97 Å². The van der Waals surface area contributed by atoms with Crippen molar-refractivity contribution in [1.29, 1.82) is 0 Å². The van der Waals surface area contributed by atoms with Crippen molar-refractivity contribution in [2.24, 2.45) is 0 Å². The van der Waals surface area contributed by atoms with Gasteiger partial charge in [0.15, 0.2) is 0 Å². The molecule has 4 heteroatoms. The molecule has 2 aromatic carbocycles. The Kier molecular flexibility index (Phi) is 4.15. The van der Waals surface area contributed by atoms with Gasteiger partial charge in [-0.1, -0.05) is 54.1 Å². The third kappa shape index (κ3) is 3.17. The Balaban J connectivity index is 1.82. The van der Waals surface area contributed by atoms with Crippen LogP contribution in [-0.4, -0.2) is 15.9 Å². The number of benzene rings is 2. The second-order valence-corrected chi connectivity index (χ2v) is 6.11. The van der Waals surface area contributed by atoms with Crippen molar-refractivity contribution in [3.63, 3.8) is 0 Å². The number of carbonyl (C=O) groups excluding carboxylic acids is 1. The molecule has 4 nitrogen and oxygen atoms in total. The molecule has 0 aliphatic rings. The highest BCUT2D eigenvalue weighted by Gasteiger charge is 2.14. The van der Waals surface area contributed by atoms with Crippen LogP contribution in [0.5, 0.6) is 0 Å². The summed E-state index contributed by atoms with van der Waals surface area (Å²) in [4.78, 5) is 21.8. The van der Waals surface area contributed by atoms with Crippen molar-refractivity contribution in [2.45, 2.75) is 6.92 Å². The lowest BCUT2D eigenvalue weighted by Crippen LogP contribution is -2.14. The van der Waals surface area contributed by atoms with Crippen LogP contribution in [0.15, 0.2) is 79.0 Å². The number of hydrogen-bond donors (Lipinski definition) is 1. The first-order valence-corrected chi connectivity index (χ1v) is 8.40. The topological polar surface area (TPSA) is 54.9 Å². The number of aryl methyl sites for hydroxylation is 1. The lowest BCUT2D eigenvalue weighted by molar-refractivity contribution is 0.102. The molecule has 2 aromatic heterocycles. The largest absolute Gasteiger partial charge is 0.307 e. The first-order chi connectivity index (χ1) is 12.7. The minimum Gasteiger partial charge on any atom is -0.307 e. The first-order valence-electron chi connectivity index (χ1n) is 8.40. The Hall–Kier alpha value is -3.53. The molecule has 1 amide bonds. The van der Waals surface area contributed by atoms with Crippen LogP contribution in [0.4, 0.5) is 5.82 Å². The van der Waals surface area contributed by atoms with E-state index < -0.39 is 0 Å². The van der Waals surface area contributed by atoms with Crippen LogP contribution < -0.4 is 5.32 Å². The molecule has 4 rings (SSSR count). The molecule has 4 aromatic rings. The molecule has 0 unspecified atom stereocenters. The van der Waals surface area contributed by atoms with Gasteiger partial charge in [0.2, 0.25) is 0 Å². The molecule has 0 fully saturated rings. The van der Waals surface area contributed by atoms with Gasteiger partial charge in [0.25, 0.3) is 5.91 Å². The molecule has 0 aliphatic heterocycles. The van der Waals surface area contributed by atoms with E-state index >= 15 is 0 Å². The third-order valence-corrected chi connectivity index (χ3v) is 4.21. The molecular weight excluding hydrogens is 322 g/mol. The number of pyridine rings is 2. The number of fused-ring (bicyclic) bond motifs is 1. The molecule has 0 saturated carbocycles. The molecule has 26 heavy (non-hydrogen) atoms. The van der Waals surface area contributed by atoms with Crippen molar-refractivity contribution < 1.29 is 4.79 Å². The lowest BCUT2D eigenvalue weighted by Gasteiger charge is -2.10. The highest BCUT2D eigenvalue weighted by molar-refractivity contribution is 6.12. The molecule has 2 heterocycles. The Bertz CT molecular complexity index is 1070. The summed E-state index contributed by atoms with van der Waals surface area (Å²) in [6.07, 6.45) is 1.65.